The summed E-state index contributed by atoms with van der Waals surface area (Å²) in [4.78, 5) is 49.2. The van der Waals surface area contributed by atoms with Crippen LogP contribution in [0, 0.1) is 5.92 Å². The molecule has 8 heteroatoms. The van der Waals surface area contributed by atoms with E-state index < -0.39 is 35.7 Å². The Morgan fingerprint density at radius 2 is 1.44 bits per heavy atom. The molecule has 5 N–H and O–H groups in total. The van der Waals surface area contributed by atoms with Crippen molar-refractivity contribution in [3.63, 3.8) is 0 Å². The first-order valence-corrected chi connectivity index (χ1v) is 10.5. The first-order chi connectivity index (χ1) is 15.3. The molecule has 0 aliphatic rings. The van der Waals surface area contributed by atoms with Gasteiger partial charge >= 0.3 is 0 Å². The minimum Gasteiger partial charge on any atom is -0.368 e. The third kappa shape index (κ3) is 8.22. The lowest BCUT2D eigenvalue weighted by Crippen LogP contribution is -2.52. The third-order valence-corrected chi connectivity index (χ3v) is 4.75. The molecule has 2 aromatic rings. The second kappa shape index (κ2) is 12.2. The van der Waals surface area contributed by atoms with Crippen molar-refractivity contribution in [1.82, 2.24) is 16.0 Å². The average Bonchev–Trinajstić information content (AvgIpc) is 2.77. The molecule has 0 aromatic heterocycles. The van der Waals surface area contributed by atoms with Gasteiger partial charge in [-0.25, -0.2) is 0 Å². The lowest BCUT2D eigenvalue weighted by Gasteiger charge is -2.20. The van der Waals surface area contributed by atoms with Gasteiger partial charge in [0.15, 0.2) is 0 Å². The molecule has 0 unspecified atom stereocenters. The van der Waals surface area contributed by atoms with Crippen molar-refractivity contribution in [2.75, 3.05) is 6.54 Å². The van der Waals surface area contributed by atoms with Gasteiger partial charge in [-0.05, 0) is 30.0 Å². The van der Waals surface area contributed by atoms with Crippen LogP contribution in [0.2, 0.25) is 0 Å². The highest BCUT2D eigenvalue weighted by Gasteiger charge is 2.24. The number of nitrogens with two attached hydrogens (primary N) is 1. The molecule has 0 saturated heterocycles. The first-order valence-electron chi connectivity index (χ1n) is 10.5. The molecule has 0 saturated carbocycles. The van der Waals surface area contributed by atoms with E-state index >= 15 is 0 Å². The number of hydrogen-bond acceptors (Lipinski definition) is 4. The van der Waals surface area contributed by atoms with Crippen molar-refractivity contribution in [2.24, 2.45) is 11.7 Å². The Bertz CT molecular complexity index is 916. The molecule has 4 amide bonds. The van der Waals surface area contributed by atoms with E-state index in [1.807, 2.05) is 44.2 Å². The molecule has 0 heterocycles. The molecule has 170 valence electrons. The van der Waals surface area contributed by atoms with Gasteiger partial charge in [0.2, 0.25) is 17.7 Å². The number of amides is 4. The summed E-state index contributed by atoms with van der Waals surface area (Å²) in [5.41, 5.74) is 6.63. The van der Waals surface area contributed by atoms with Gasteiger partial charge in [0.1, 0.15) is 12.1 Å². The summed E-state index contributed by atoms with van der Waals surface area (Å²) >= 11 is 0. The van der Waals surface area contributed by atoms with Crippen molar-refractivity contribution < 1.29 is 19.2 Å². The minimum atomic E-state index is -0.888. The zero-order valence-corrected chi connectivity index (χ0v) is 18.3. The van der Waals surface area contributed by atoms with Crippen molar-refractivity contribution in [3.8, 4) is 0 Å². The van der Waals surface area contributed by atoms with Crippen molar-refractivity contribution in [1.29, 1.82) is 0 Å². The fourth-order valence-corrected chi connectivity index (χ4v) is 3.14. The van der Waals surface area contributed by atoms with Crippen LogP contribution in [0.4, 0.5) is 0 Å². The highest BCUT2D eigenvalue weighted by molar-refractivity contribution is 5.98. The van der Waals surface area contributed by atoms with Crippen LogP contribution in [0.5, 0.6) is 0 Å². The van der Waals surface area contributed by atoms with Gasteiger partial charge < -0.3 is 21.7 Å². The second-order valence-corrected chi connectivity index (χ2v) is 7.95. The van der Waals surface area contributed by atoms with Crippen molar-refractivity contribution >= 4 is 23.6 Å². The summed E-state index contributed by atoms with van der Waals surface area (Å²) in [6.07, 6.45) is 0.656. The predicted molar refractivity (Wildman–Crippen MR) is 121 cm³/mol. The zero-order chi connectivity index (χ0) is 23.5. The van der Waals surface area contributed by atoms with E-state index in [1.54, 1.807) is 30.3 Å². The number of rotatable bonds is 11. The maximum atomic E-state index is 12.8. The quantitative estimate of drug-likeness (QED) is 0.419. The normalized spacial score (nSPS) is 12.5. The topological polar surface area (TPSA) is 130 Å². The lowest BCUT2D eigenvalue weighted by molar-refractivity contribution is -0.129. The fourth-order valence-electron chi connectivity index (χ4n) is 3.14. The number of carbonyl (C=O) groups excluding carboxylic acids is 4. The Hall–Kier alpha value is -3.68. The Kier molecular flexibility index (Phi) is 9.41. The molecule has 0 aliphatic carbocycles. The van der Waals surface area contributed by atoms with E-state index in [-0.39, 0.29) is 18.9 Å². The summed E-state index contributed by atoms with van der Waals surface area (Å²) in [7, 11) is 0. The summed E-state index contributed by atoms with van der Waals surface area (Å²) in [6.45, 7) is 3.48. The molecular formula is C24H30N4O4. The highest BCUT2D eigenvalue weighted by atomic mass is 16.2. The van der Waals surface area contributed by atoms with Gasteiger partial charge in [-0.2, -0.15) is 0 Å². The van der Waals surface area contributed by atoms with Gasteiger partial charge in [0.05, 0.1) is 6.54 Å². The van der Waals surface area contributed by atoms with Crippen LogP contribution in [-0.2, 0) is 20.8 Å². The molecule has 32 heavy (non-hydrogen) atoms. The molecule has 0 spiro atoms. The van der Waals surface area contributed by atoms with Crippen LogP contribution in [0.1, 0.15) is 36.2 Å². The molecule has 0 bridgehead atoms. The van der Waals surface area contributed by atoms with E-state index in [1.165, 1.54) is 0 Å². The smallest absolute Gasteiger partial charge is 0.251 e. The van der Waals surface area contributed by atoms with Crippen LogP contribution < -0.4 is 21.7 Å². The van der Waals surface area contributed by atoms with E-state index in [0.29, 0.717) is 12.0 Å². The van der Waals surface area contributed by atoms with Gasteiger partial charge in [0.25, 0.3) is 5.91 Å². The standard InChI is InChI=1S/C24H30N4O4/c1-16(2)13-19(22(25)30)27-21(29)15-26-24(32)20(14-17-9-5-3-6-10-17)28-23(31)18-11-7-4-8-12-18/h3-12,16,19-20H,13-15H2,1-2H3,(H2,25,30)(H,26,32)(H,27,29)(H,28,31)/t19-,20-/m0/s1. The Balaban J connectivity index is 2.02. The molecule has 0 aliphatic heterocycles. The average molecular weight is 439 g/mol. The summed E-state index contributed by atoms with van der Waals surface area (Å²) in [5.74, 6) is -1.90. The van der Waals surface area contributed by atoms with E-state index in [9.17, 15) is 19.2 Å². The molecule has 2 rings (SSSR count). The lowest BCUT2D eigenvalue weighted by atomic mass is 10.0. The second-order valence-electron chi connectivity index (χ2n) is 7.95. The Labute approximate surface area is 188 Å². The summed E-state index contributed by atoms with van der Waals surface area (Å²) in [5, 5.41) is 7.82. The zero-order valence-electron chi connectivity index (χ0n) is 18.3. The van der Waals surface area contributed by atoms with Crippen LogP contribution >= 0.6 is 0 Å². The molecular weight excluding hydrogens is 408 g/mol. The fraction of sp³-hybridized carbons (Fsp3) is 0.333. The number of primary amides is 1. The Morgan fingerprint density at radius 3 is 2.00 bits per heavy atom. The minimum absolute atomic E-state index is 0.158. The van der Waals surface area contributed by atoms with E-state index in [2.05, 4.69) is 16.0 Å². The van der Waals surface area contributed by atoms with Crippen LogP contribution in [0.15, 0.2) is 60.7 Å². The molecule has 0 fully saturated rings. The van der Waals surface area contributed by atoms with Gasteiger partial charge in [-0.3, -0.25) is 19.2 Å². The highest BCUT2D eigenvalue weighted by Crippen LogP contribution is 2.06. The molecule has 8 nitrogen and oxygen atoms in total. The maximum Gasteiger partial charge on any atom is 0.251 e. The maximum absolute atomic E-state index is 12.8. The monoisotopic (exact) mass is 438 g/mol. The SMILES string of the molecule is CC(C)C[C@H](NC(=O)CNC(=O)[C@H](Cc1ccccc1)NC(=O)c1ccccc1)C(N)=O. The first kappa shape index (κ1) is 24.6. The van der Waals surface area contributed by atoms with E-state index in [4.69, 9.17) is 5.73 Å². The van der Waals surface area contributed by atoms with Crippen LogP contribution in [0.25, 0.3) is 0 Å². The summed E-state index contributed by atoms with van der Waals surface area (Å²) < 4.78 is 0. The number of hydrogen-bond donors (Lipinski definition) is 4. The number of carbonyl (C=O) groups is 4. The largest absolute Gasteiger partial charge is 0.368 e. The predicted octanol–water partition coefficient (Wildman–Crippen LogP) is 1.16. The van der Waals surface area contributed by atoms with Crippen LogP contribution in [-0.4, -0.2) is 42.3 Å². The van der Waals surface area contributed by atoms with Gasteiger partial charge in [-0.15, -0.1) is 0 Å². The molecule has 2 atom stereocenters. The molecule has 0 radical (unpaired) electrons. The van der Waals surface area contributed by atoms with Crippen molar-refractivity contribution in [3.05, 3.63) is 71.8 Å². The van der Waals surface area contributed by atoms with Crippen LogP contribution in [0.3, 0.4) is 0 Å². The van der Waals surface area contributed by atoms with E-state index in [0.717, 1.165) is 5.56 Å². The summed E-state index contributed by atoms with van der Waals surface area (Å²) in [6, 6.07) is 16.1. The van der Waals surface area contributed by atoms with Gasteiger partial charge in [0, 0.05) is 12.0 Å². The molecule has 2 aromatic carbocycles. The number of benzene rings is 2. The number of nitrogens with one attached hydrogen (secondary N) is 3. The Morgan fingerprint density at radius 1 is 0.844 bits per heavy atom. The third-order valence-electron chi connectivity index (χ3n) is 4.75. The van der Waals surface area contributed by atoms with Crippen molar-refractivity contribution in [2.45, 2.75) is 38.8 Å². The van der Waals surface area contributed by atoms with Gasteiger partial charge in [-0.1, -0.05) is 62.4 Å².